The van der Waals surface area contributed by atoms with Crippen molar-refractivity contribution in [2.75, 3.05) is 7.11 Å². The molecule has 1 aromatic heterocycles. The third-order valence-electron chi connectivity index (χ3n) is 4.45. The first-order valence-corrected chi connectivity index (χ1v) is 11.2. The molecule has 0 bridgehead atoms. The first kappa shape index (κ1) is 20.3. The van der Waals surface area contributed by atoms with Gasteiger partial charge in [-0.3, -0.25) is 4.79 Å². The number of nitrogens with zero attached hydrogens (tertiary/aromatic N) is 2. The lowest BCUT2D eigenvalue weighted by Crippen LogP contribution is -2.16. The van der Waals surface area contributed by atoms with E-state index in [1.165, 1.54) is 35.6 Å². The maximum atomic E-state index is 12.6. The zero-order valence-corrected chi connectivity index (χ0v) is 17.8. The van der Waals surface area contributed by atoms with Crippen LogP contribution in [0.15, 0.2) is 52.4 Å². The fourth-order valence-corrected chi connectivity index (χ4v) is 4.96. The number of methoxy groups -OCH3 is 1. The van der Waals surface area contributed by atoms with Crippen molar-refractivity contribution in [2.24, 2.45) is 4.99 Å². The minimum Gasteiger partial charge on any atom is -0.497 e. The van der Waals surface area contributed by atoms with Gasteiger partial charge in [-0.15, -0.1) is 0 Å². The van der Waals surface area contributed by atoms with Crippen molar-refractivity contribution in [3.05, 3.63) is 52.8 Å². The van der Waals surface area contributed by atoms with E-state index in [9.17, 15) is 13.2 Å². The van der Waals surface area contributed by atoms with Crippen molar-refractivity contribution in [1.29, 1.82) is 0 Å². The van der Waals surface area contributed by atoms with Crippen molar-refractivity contribution in [3.8, 4) is 5.75 Å². The number of hydrogen-bond donors (Lipinski definition) is 0. The monoisotopic (exact) mass is 418 g/mol. The van der Waals surface area contributed by atoms with E-state index in [2.05, 4.69) is 4.99 Å². The highest BCUT2D eigenvalue weighted by atomic mass is 32.2. The summed E-state index contributed by atoms with van der Waals surface area (Å²) in [5, 5.41) is -0.516. The number of aryl methyl sites for hydroxylation is 1. The highest BCUT2D eigenvalue weighted by molar-refractivity contribution is 7.92. The smallest absolute Gasteiger partial charge is 0.279 e. The van der Waals surface area contributed by atoms with Crippen LogP contribution in [0.1, 0.15) is 31.1 Å². The van der Waals surface area contributed by atoms with Crippen molar-refractivity contribution in [1.82, 2.24) is 4.57 Å². The minimum absolute atomic E-state index is 0.205. The van der Waals surface area contributed by atoms with Crippen molar-refractivity contribution < 1.29 is 17.9 Å². The second-order valence-electron chi connectivity index (χ2n) is 6.50. The normalized spacial score (nSPS) is 12.7. The van der Waals surface area contributed by atoms with Crippen LogP contribution in [0, 0.1) is 0 Å². The van der Waals surface area contributed by atoms with E-state index < -0.39 is 21.0 Å². The molecule has 0 atom stereocenters. The van der Waals surface area contributed by atoms with Gasteiger partial charge in [0.2, 0.25) is 0 Å². The van der Waals surface area contributed by atoms with Gasteiger partial charge in [0.15, 0.2) is 14.6 Å². The number of sulfone groups is 1. The Kier molecular flexibility index (Phi) is 5.71. The van der Waals surface area contributed by atoms with Crippen molar-refractivity contribution in [3.63, 3.8) is 0 Å². The Morgan fingerprint density at radius 1 is 1.18 bits per heavy atom. The van der Waals surface area contributed by atoms with Crippen LogP contribution in [0.4, 0.5) is 0 Å². The molecular weight excluding hydrogens is 396 g/mol. The van der Waals surface area contributed by atoms with E-state index >= 15 is 0 Å². The van der Waals surface area contributed by atoms with Crippen LogP contribution in [-0.4, -0.2) is 31.3 Å². The van der Waals surface area contributed by atoms with Gasteiger partial charge in [0, 0.05) is 12.1 Å². The van der Waals surface area contributed by atoms with E-state index in [1.807, 2.05) is 29.7 Å². The summed E-state index contributed by atoms with van der Waals surface area (Å²) in [4.78, 5) is 17.7. The lowest BCUT2D eigenvalue weighted by molar-refractivity contribution is 0.0997. The Morgan fingerprint density at radius 2 is 1.86 bits per heavy atom. The van der Waals surface area contributed by atoms with E-state index in [1.54, 1.807) is 21.0 Å². The number of carbonyl (C=O) groups excluding carboxylic acids is 1. The molecule has 0 radical (unpaired) electrons. The number of amides is 1. The lowest BCUT2D eigenvalue weighted by Gasteiger charge is -2.07. The summed E-state index contributed by atoms with van der Waals surface area (Å²) in [6.45, 7) is 5.92. The number of thiazole rings is 1. The number of rotatable bonds is 5. The summed E-state index contributed by atoms with van der Waals surface area (Å²) in [6.07, 6.45) is 0. The number of ether oxygens (including phenoxy) is 1. The average Bonchev–Trinajstić information content (AvgIpc) is 3.03. The number of aromatic nitrogens is 1. The van der Waals surface area contributed by atoms with Crippen LogP contribution in [-0.2, 0) is 16.4 Å². The van der Waals surface area contributed by atoms with Gasteiger partial charge in [-0.2, -0.15) is 4.99 Å². The highest BCUT2D eigenvalue weighted by Gasteiger charge is 2.19. The van der Waals surface area contributed by atoms with Gasteiger partial charge in [0.1, 0.15) is 5.75 Å². The lowest BCUT2D eigenvalue weighted by atomic mass is 10.2. The fraction of sp³-hybridized carbons (Fsp3) is 0.300. The highest BCUT2D eigenvalue weighted by Crippen LogP contribution is 2.23. The molecule has 1 heterocycles. The number of fused-ring (bicyclic) bond motifs is 1. The number of carbonyl (C=O) groups is 1. The summed E-state index contributed by atoms with van der Waals surface area (Å²) in [5.41, 5.74) is 1.33. The van der Waals surface area contributed by atoms with Crippen molar-refractivity contribution >= 4 is 37.3 Å². The molecule has 8 heteroatoms. The first-order chi connectivity index (χ1) is 13.3. The molecule has 3 aromatic rings. The fourth-order valence-electron chi connectivity index (χ4n) is 2.78. The Balaban J connectivity index is 2.01. The summed E-state index contributed by atoms with van der Waals surface area (Å²) in [7, 11) is -1.76. The molecule has 0 unspecified atom stereocenters. The molecule has 148 valence electrons. The van der Waals surface area contributed by atoms with Gasteiger partial charge < -0.3 is 9.30 Å². The summed E-state index contributed by atoms with van der Waals surface area (Å²) in [6, 6.07) is 11.7. The molecule has 0 fully saturated rings. The zero-order valence-electron chi connectivity index (χ0n) is 16.2. The molecule has 0 N–H and O–H groups in total. The predicted molar refractivity (Wildman–Crippen MR) is 111 cm³/mol. The van der Waals surface area contributed by atoms with Crippen molar-refractivity contribution in [2.45, 2.75) is 37.5 Å². The van der Waals surface area contributed by atoms with Crippen LogP contribution >= 0.6 is 11.3 Å². The summed E-state index contributed by atoms with van der Waals surface area (Å²) >= 11 is 1.41. The van der Waals surface area contributed by atoms with Gasteiger partial charge >= 0.3 is 0 Å². The van der Waals surface area contributed by atoms with E-state index in [-0.39, 0.29) is 4.90 Å². The molecule has 0 spiro atoms. The maximum absolute atomic E-state index is 12.6. The van der Waals surface area contributed by atoms with Crippen LogP contribution in [0.5, 0.6) is 5.75 Å². The standard InChI is InChI=1S/C20H22N2O4S2/c1-5-22-17-11-8-15(26-4)12-18(17)27-20(22)21-19(23)14-6-9-16(10-7-14)28(24,25)13(2)3/h6-13H,5H2,1-4H3. The topological polar surface area (TPSA) is 77.7 Å². The van der Waals surface area contributed by atoms with Crippen LogP contribution < -0.4 is 9.54 Å². The van der Waals surface area contributed by atoms with Gasteiger partial charge in [-0.1, -0.05) is 11.3 Å². The number of hydrogen-bond acceptors (Lipinski definition) is 5. The largest absolute Gasteiger partial charge is 0.497 e. The third kappa shape index (κ3) is 3.74. The molecule has 0 saturated heterocycles. The Bertz CT molecular complexity index is 1190. The molecule has 28 heavy (non-hydrogen) atoms. The van der Waals surface area contributed by atoms with E-state index in [0.717, 1.165) is 16.0 Å². The molecular formula is C20H22N2O4S2. The summed E-state index contributed by atoms with van der Waals surface area (Å²) < 4.78 is 32.6. The van der Waals surface area contributed by atoms with Gasteiger partial charge in [0.05, 0.1) is 27.5 Å². The zero-order chi connectivity index (χ0) is 20.5. The van der Waals surface area contributed by atoms with Gasteiger partial charge in [0.25, 0.3) is 5.91 Å². The Labute approximate surface area is 168 Å². The molecule has 0 aliphatic heterocycles. The number of benzene rings is 2. The minimum atomic E-state index is -3.37. The molecule has 3 rings (SSSR count). The molecule has 6 nitrogen and oxygen atoms in total. The van der Waals surface area contributed by atoms with E-state index in [0.29, 0.717) is 16.9 Å². The van der Waals surface area contributed by atoms with E-state index in [4.69, 9.17) is 4.74 Å². The third-order valence-corrected chi connectivity index (χ3v) is 7.67. The second kappa shape index (κ2) is 7.89. The molecule has 0 saturated carbocycles. The van der Waals surface area contributed by atoms with Gasteiger partial charge in [-0.05, 0) is 63.2 Å². The first-order valence-electron chi connectivity index (χ1n) is 8.88. The molecule has 0 aliphatic carbocycles. The molecule has 0 aliphatic rings. The predicted octanol–water partition coefficient (Wildman–Crippen LogP) is 3.65. The Hall–Kier alpha value is -2.45. The quantitative estimate of drug-likeness (QED) is 0.634. The van der Waals surface area contributed by atoms with Crippen LogP contribution in [0.2, 0.25) is 0 Å². The maximum Gasteiger partial charge on any atom is 0.279 e. The van der Waals surface area contributed by atoms with Crippen LogP contribution in [0.25, 0.3) is 10.2 Å². The van der Waals surface area contributed by atoms with Gasteiger partial charge in [-0.25, -0.2) is 8.42 Å². The SMILES string of the molecule is CCn1c(=NC(=O)c2ccc(S(=O)(=O)C(C)C)cc2)sc2cc(OC)ccc21. The van der Waals surface area contributed by atoms with Crippen LogP contribution in [0.3, 0.4) is 0 Å². The summed E-state index contributed by atoms with van der Waals surface area (Å²) in [5.74, 6) is 0.339. The average molecular weight is 419 g/mol. The molecule has 1 amide bonds. The molecule has 2 aromatic carbocycles. The second-order valence-corrected chi connectivity index (χ2v) is 10.0. The Morgan fingerprint density at radius 3 is 2.43 bits per heavy atom.